The maximum atomic E-state index is 12.9. The fourth-order valence-corrected chi connectivity index (χ4v) is 2.80. The van der Waals surface area contributed by atoms with Gasteiger partial charge in [0.1, 0.15) is 0 Å². The number of likely N-dealkylation sites (N-methyl/N-ethyl adjacent to an activating group) is 1. The van der Waals surface area contributed by atoms with Crippen molar-refractivity contribution in [2.24, 2.45) is 0 Å². The zero-order valence-electron chi connectivity index (χ0n) is 15.3. The molecule has 140 valence electrons. The van der Waals surface area contributed by atoms with Gasteiger partial charge in [0, 0.05) is 13.6 Å². The van der Waals surface area contributed by atoms with Crippen molar-refractivity contribution in [3.8, 4) is 11.5 Å². The van der Waals surface area contributed by atoms with Gasteiger partial charge in [-0.1, -0.05) is 36.4 Å². The molecule has 0 saturated heterocycles. The minimum absolute atomic E-state index is 0.0372. The predicted octanol–water partition coefficient (Wildman–Crippen LogP) is 4.23. The van der Waals surface area contributed by atoms with Crippen LogP contribution in [0.15, 0.2) is 48.5 Å². The van der Waals surface area contributed by atoms with Crippen molar-refractivity contribution in [3.63, 3.8) is 0 Å². The van der Waals surface area contributed by atoms with E-state index in [1.54, 1.807) is 24.1 Å². The van der Waals surface area contributed by atoms with Crippen molar-refractivity contribution in [1.29, 1.82) is 0 Å². The Morgan fingerprint density at radius 2 is 1.77 bits per heavy atom. The molecule has 0 spiro atoms. The van der Waals surface area contributed by atoms with E-state index in [0.29, 0.717) is 6.54 Å². The molecule has 0 unspecified atom stereocenters. The Morgan fingerprint density at radius 1 is 1.12 bits per heavy atom. The van der Waals surface area contributed by atoms with Gasteiger partial charge in [-0.3, -0.25) is 4.79 Å². The van der Waals surface area contributed by atoms with Gasteiger partial charge in [0.05, 0.1) is 12.5 Å². The summed E-state index contributed by atoms with van der Waals surface area (Å²) in [7, 11) is 3.09. The molecule has 0 heterocycles. The SMILES string of the molecule is COc1cc(CN(C)C(=O)C(C)(C)c2ccccc2)ccc1OC(F)F. The van der Waals surface area contributed by atoms with Gasteiger partial charge in [0.2, 0.25) is 5.91 Å². The number of rotatable bonds is 7. The molecule has 2 rings (SSSR count). The van der Waals surface area contributed by atoms with Gasteiger partial charge in [-0.15, -0.1) is 0 Å². The maximum Gasteiger partial charge on any atom is 0.387 e. The first-order valence-electron chi connectivity index (χ1n) is 8.18. The highest BCUT2D eigenvalue weighted by Crippen LogP contribution is 2.31. The fraction of sp³-hybridized carbons (Fsp3) is 0.350. The van der Waals surface area contributed by atoms with Crippen molar-refractivity contribution in [2.75, 3.05) is 14.2 Å². The van der Waals surface area contributed by atoms with Crippen molar-refractivity contribution >= 4 is 5.91 Å². The van der Waals surface area contributed by atoms with Crippen LogP contribution in [0.4, 0.5) is 8.78 Å². The number of nitrogens with zero attached hydrogens (tertiary/aromatic N) is 1. The third-order valence-corrected chi connectivity index (χ3v) is 4.24. The average molecular weight is 363 g/mol. The molecule has 0 aromatic heterocycles. The third kappa shape index (κ3) is 4.50. The van der Waals surface area contributed by atoms with E-state index in [2.05, 4.69) is 4.74 Å². The number of alkyl halides is 2. The summed E-state index contributed by atoms with van der Waals surface area (Å²) in [5.41, 5.74) is 0.997. The molecule has 0 aliphatic heterocycles. The third-order valence-electron chi connectivity index (χ3n) is 4.24. The molecular formula is C20H23F2NO3. The Morgan fingerprint density at radius 3 is 2.35 bits per heavy atom. The second-order valence-corrected chi connectivity index (χ2v) is 6.52. The Kier molecular flexibility index (Phi) is 6.18. The molecule has 0 bridgehead atoms. The van der Waals surface area contributed by atoms with Crippen molar-refractivity contribution in [1.82, 2.24) is 4.90 Å². The van der Waals surface area contributed by atoms with Gasteiger partial charge in [0.25, 0.3) is 0 Å². The van der Waals surface area contributed by atoms with Crippen LogP contribution < -0.4 is 9.47 Å². The Balaban J connectivity index is 2.16. The summed E-state index contributed by atoms with van der Waals surface area (Å²) in [5, 5.41) is 0. The molecule has 0 saturated carbocycles. The molecule has 2 aromatic carbocycles. The predicted molar refractivity (Wildman–Crippen MR) is 95.6 cm³/mol. The van der Waals surface area contributed by atoms with E-state index in [-0.39, 0.29) is 17.4 Å². The van der Waals surface area contributed by atoms with Crippen LogP contribution >= 0.6 is 0 Å². The number of amides is 1. The van der Waals surface area contributed by atoms with Crippen LogP contribution in [0.2, 0.25) is 0 Å². The molecule has 6 heteroatoms. The number of methoxy groups -OCH3 is 1. The van der Waals surface area contributed by atoms with Crippen molar-refractivity contribution in [2.45, 2.75) is 32.4 Å². The summed E-state index contributed by atoms with van der Waals surface area (Å²) < 4.78 is 34.4. The summed E-state index contributed by atoms with van der Waals surface area (Å²) in [6.45, 7) is 1.15. The van der Waals surface area contributed by atoms with Crippen LogP contribution in [0.5, 0.6) is 11.5 Å². The first-order valence-corrected chi connectivity index (χ1v) is 8.18. The largest absolute Gasteiger partial charge is 0.493 e. The van der Waals surface area contributed by atoms with Gasteiger partial charge in [0.15, 0.2) is 11.5 Å². The smallest absolute Gasteiger partial charge is 0.387 e. The van der Waals surface area contributed by atoms with Gasteiger partial charge >= 0.3 is 6.61 Å². The standard InChI is InChI=1S/C20H23F2NO3/c1-20(2,15-8-6-5-7-9-15)18(24)23(3)13-14-10-11-16(26-19(21)22)17(12-14)25-4/h5-12,19H,13H2,1-4H3. The lowest BCUT2D eigenvalue weighted by Crippen LogP contribution is -2.40. The summed E-state index contributed by atoms with van der Waals surface area (Å²) >= 11 is 0. The quantitative estimate of drug-likeness (QED) is 0.739. The Bertz CT molecular complexity index is 748. The van der Waals surface area contributed by atoms with Crippen LogP contribution in [0.3, 0.4) is 0 Å². The molecule has 0 fully saturated rings. The summed E-state index contributed by atoms with van der Waals surface area (Å²) in [6, 6.07) is 14.2. The van der Waals surface area contributed by atoms with E-state index in [9.17, 15) is 13.6 Å². The lowest BCUT2D eigenvalue weighted by atomic mass is 9.83. The molecule has 1 amide bonds. The van der Waals surface area contributed by atoms with Gasteiger partial charge in [-0.25, -0.2) is 0 Å². The van der Waals surface area contributed by atoms with Crippen molar-refractivity contribution < 1.29 is 23.0 Å². The van der Waals surface area contributed by atoms with E-state index in [4.69, 9.17) is 4.74 Å². The lowest BCUT2D eigenvalue weighted by Gasteiger charge is -2.30. The molecule has 0 N–H and O–H groups in total. The average Bonchev–Trinajstić information content (AvgIpc) is 2.62. The van der Waals surface area contributed by atoms with Gasteiger partial charge < -0.3 is 14.4 Å². The molecular weight excluding hydrogens is 340 g/mol. The molecule has 4 nitrogen and oxygen atoms in total. The van der Waals surface area contributed by atoms with Crippen LogP contribution in [0, 0.1) is 0 Å². The van der Waals surface area contributed by atoms with E-state index < -0.39 is 12.0 Å². The molecule has 26 heavy (non-hydrogen) atoms. The van der Waals surface area contributed by atoms with E-state index >= 15 is 0 Å². The van der Waals surface area contributed by atoms with Gasteiger partial charge in [-0.05, 0) is 37.1 Å². The second kappa shape index (κ2) is 8.17. The number of carbonyl (C=O) groups excluding carboxylic acids is 1. The highest BCUT2D eigenvalue weighted by Gasteiger charge is 2.32. The van der Waals surface area contributed by atoms with Crippen molar-refractivity contribution in [3.05, 3.63) is 59.7 Å². The zero-order valence-corrected chi connectivity index (χ0v) is 15.3. The molecule has 2 aromatic rings. The topological polar surface area (TPSA) is 38.8 Å². The summed E-state index contributed by atoms with van der Waals surface area (Å²) in [4.78, 5) is 14.5. The summed E-state index contributed by atoms with van der Waals surface area (Å²) in [5.74, 6) is 0.117. The first kappa shape index (κ1) is 19.7. The normalized spacial score (nSPS) is 11.3. The number of ether oxygens (including phenoxy) is 2. The van der Waals surface area contributed by atoms with Crippen LogP contribution in [-0.2, 0) is 16.8 Å². The van der Waals surface area contributed by atoms with E-state index in [1.807, 2.05) is 44.2 Å². The highest BCUT2D eigenvalue weighted by molar-refractivity contribution is 5.87. The number of carbonyl (C=O) groups is 1. The number of halogens is 2. The number of hydrogen-bond acceptors (Lipinski definition) is 3. The fourth-order valence-electron chi connectivity index (χ4n) is 2.80. The minimum atomic E-state index is -2.93. The summed E-state index contributed by atoms with van der Waals surface area (Å²) in [6.07, 6.45) is 0. The first-order chi connectivity index (χ1) is 12.3. The molecule has 0 aliphatic carbocycles. The highest BCUT2D eigenvalue weighted by atomic mass is 19.3. The molecule has 0 atom stereocenters. The Labute approximate surface area is 152 Å². The minimum Gasteiger partial charge on any atom is -0.493 e. The van der Waals surface area contributed by atoms with Crippen LogP contribution in [0.1, 0.15) is 25.0 Å². The molecule has 0 radical (unpaired) electrons. The van der Waals surface area contributed by atoms with Crippen LogP contribution in [-0.4, -0.2) is 31.6 Å². The number of hydrogen-bond donors (Lipinski definition) is 0. The zero-order chi connectivity index (χ0) is 19.3. The lowest BCUT2D eigenvalue weighted by molar-refractivity contribution is -0.135. The second-order valence-electron chi connectivity index (χ2n) is 6.52. The monoisotopic (exact) mass is 363 g/mol. The number of benzene rings is 2. The van der Waals surface area contributed by atoms with E-state index in [1.165, 1.54) is 13.2 Å². The maximum absolute atomic E-state index is 12.9. The van der Waals surface area contributed by atoms with E-state index in [0.717, 1.165) is 11.1 Å². The van der Waals surface area contributed by atoms with Gasteiger partial charge in [-0.2, -0.15) is 8.78 Å². The Hall–Kier alpha value is -2.63. The van der Waals surface area contributed by atoms with Crippen LogP contribution in [0.25, 0.3) is 0 Å². The molecule has 0 aliphatic rings.